The second-order valence-electron chi connectivity index (χ2n) is 4.44. The third-order valence-electron chi connectivity index (χ3n) is 2.70. The van der Waals surface area contributed by atoms with Crippen molar-refractivity contribution < 1.29 is 4.79 Å². The van der Waals surface area contributed by atoms with Gasteiger partial charge in [0.25, 0.3) is 0 Å². The molecule has 0 N–H and O–H groups in total. The minimum Gasteiger partial charge on any atom is -0.294 e. The van der Waals surface area contributed by atoms with Gasteiger partial charge in [-0.05, 0) is 48.0 Å². The maximum Gasteiger partial charge on any atom is 0.170 e. The van der Waals surface area contributed by atoms with Crippen LogP contribution in [0.4, 0.5) is 0 Å². The molecule has 0 bridgehead atoms. The average Bonchev–Trinajstić information content (AvgIpc) is 2.80. The van der Waals surface area contributed by atoms with Crippen molar-refractivity contribution in [1.29, 1.82) is 0 Å². The second kappa shape index (κ2) is 5.84. The maximum atomic E-state index is 12.2. The van der Waals surface area contributed by atoms with E-state index >= 15 is 0 Å². The topological polar surface area (TPSA) is 47.8 Å². The summed E-state index contributed by atoms with van der Waals surface area (Å²) in [5.74, 6) is 0.665. The highest BCUT2D eigenvalue weighted by molar-refractivity contribution is 9.10. The Morgan fingerprint density at radius 3 is 2.84 bits per heavy atom. The summed E-state index contributed by atoms with van der Waals surface area (Å²) in [6.45, 7) is 4.00. The molecule has 4 nitrogen and oxygen atoms in total. The average molecular weight is 343 g/mol. The molecule has 1 aromatic carbocycles. The molecule has 0 spiro atoms. The molecule has 6 heteroatoms. The van der Waals surface area contributed by atoms with Crippen molar-refractivity contribution in [2.45, 2.75) is 26.3 Å². The standard InChI is InChI=1S/C13H13BrClN3O/c1-8(2)18-13(16-7-17-18)6-12(19)9-3-4-11(15)10(14)5-9/h3-5,7-8H,6H2,1-2H3. The van der Waals surface area contributed by atoms with Crippen molar-refractivity contribution in [2.75, 3.05) is 0 Å². The summed E-state index contributed by atoms with van der Waals surface area (Å²) in [6, 6.07) is 5.32. The van der Waals surface area contributed by atoms with Crippen molar-refractivity contribution >= 4 is 33.3 Å². The Balaban J connectivity index is 2.21. The highest BCUT2D eigenvalue weighted by atomic mass is 79.9. The van der Waals surface area contributed by atoms with Crippen molar-refractivity contribution in [3.05, 3.63) is 45.4 Å². The van der Waals surface area contributed by atoms with Crippen LogP contribution >= 0.6 is 27.5 Å². The molecule has 2 aromatic rings. The van der Waals surface area contributed by atoms with Crippen LogP contribution < -0.4 is 0 Å². The predicted molar refractivity (Wildman–Crippen MR) is 77.6 cm³/mol. The third-order valence-corrected chi connectivity index (χ3v) is 3.91. The number of halogens is 2. The molecule has 0 amide bonds. The van der Waals surface area contributed by atoms with Crippen molar-refractivity contribution in [1.82, 2.24) is 14.8 Å². The molecule has 0 aliphatic heterocycles. The summed E-state index contributed by atoms with van der Waals surface area (Å²) < 4.78 is 2.47. The van der Waals surface area contributed by atoms with E-state index < -0.39 is 0 Å². The summed E-state index contributed by atoms with van der Waals surface area (Å²) >= 11 is 9.22. The van der Waals surface area contributed by atoms with Gasteiger partial charge >= 0.3 is 0 Å². The Labute approximate surface area is 124 Å². The van der Waals surface area contributed by atoms with Gasteiger partial charge in [-0.15, -0.1) is 0 Å². The number of rotatable bonds is 4. The van der Waals surface area contributed by atoms with E-state index in [0.717, 1.165) is 0 Å². The lowest BCUT2D eigenvalue weighted by Gasteiger charge is -2.09. The van der Waals surface area contributed by atoms with E-state index in [1.807, 2.05) is 13.8 Å². The SMILES string of the molecule is CC(C)n1ncnc1CC(=O)c1ccc(Cl)c(Br)c1. The molecule has 19 heavy (non-hydrogen) atoms. The molecule has 0 atom stereocenters. The van der Waals surface area contributed by atoms with Crippen LogP contribution in [0.1, 0.15) is 36.1 Å². The first-order valence-corrected chi connectivity index (χ1v) is 7.02. The zero-order valence-corrected chi connectivity index (χ0v) is 12.9. The summed E-state index contributed by atoms with van der Waals surface area (Å²) in [6.07, 6.45) is 1.70. The molecule has 0 fully saturated rings. The van der Waals surface area contributed by atoms with Crippen LogP contribution in [0.15, 0.2) is 29.0 Å². The number of aromatic nitrogens is 3. The number of nitrogens with zero attached hydrogens (tertiary/aromatic N) is 3. The van der Waals surface area contributed by atoms with Crippen LogP contribution in [0.2, 0.25) is 5.02 Å². The van der Waals surface area contributed by atoms with E-state index in [-0.39, 0.29) is 18.2 Å². The first-order valence-electron chi connectivity index (χ1n) is 5.85. The Kier molecular flexibility index (Phi) is 4.37. The maximum absolute atomic E-state index is 12.2. The molecule has 0 aliphatic carbocycles. The molecule has 1 aromatic heterocycles. The van der Waals surface area contributed by atoms with Gasteiger partial charge in [-0.25, -0.2) is 9.67 Å². The fourth-order valence-corrected chi connectivity index (χ4v) is 2.24. The molecule has 0 unspecified atom stereocenters. The Bertz CT molecular complexity index is 610. The number of carbonyl (C=O) groups excluding carboxylic acids is 1. The van der Waals surface area contributed by atoms with Crippen LogP contribution in [0.25, 0.3) is 0 Å². The van der Waals surface area contributed by atoms with Crippen LogP contribution in [-0.2, 0) is 6.42 Å². The summed E-state index contributed by atoms with van der Waals surface area (Å²) in [5, 5.41) is 4.70. The van der Waals surface area contributed by atoms with E-state index in [4.69, 9.17) is 11.6 Å². The summed E-state index contributed by atoms with van der Waals surface area (Å²) in [4.78, 5) is 16.3. The smallest absolute Gasteiger partial charge is 0.170 e. The number of ketones is 1. The van der Waals surface area contributed by atoms with Gasteiger partial charge in [0.15, 0.2) is 5.78 Å². The number of hydrogen-bond acceptors (Lipinski definition) is 3. The van der Waals surface area contributed by atoms with E-state index in [1.54, 1.807) is 22.9 Å². The molecule has 1 heterocycles. The Morgan fingerprint density at radius 2 is 2.21 bits per heavy atom. The molecule has 0 saturated heterocycles. The molecule has 0 saturated carbocycles. The lowest BCUT2D eigenvalue weighted by molar-refractivity contribution is 0.0989. The van der Waals surface area contributed by atoms with Gasteiger partial charge in [0.2, 0.25) is 0 Å². The lowest BCUT2D eigenvalue weighted by Crippen LogP contribution is -2.13. The van der Waals surface area contributed by atoms with Gasteiger partial charge in [-0.1, -0.05) is 11.6 Å². The number of carbonyl (C=O) groups is 1. The first kappa shape index (κ1) is 14.2. The molecular formula is C13H13BrClN3O. The highest BCUT2D eigenvalue weighted by Gasteiger charge is 2.14. The fraction of sp³-hybridized carbons (Fsp3) is 0.308. The van der Waals surface area contributed by atoms with Gasteiger partial charge < -0.3 is 0 Å². The number of hydrogen-bond donors (Lipinski definition) is 0. The van der Waals surface area contributed by atoms with Gasteiger partial charge in [0.05, 0.1) is 11.4 Å². The van der Waals surface area contributed by atoms with E-state index in [2.05, 4.69) is 26.0 Å². The third kappa shape index (κ3) is 3.22. The summed E-state index contributed by atoms with van der Waals surface area (Å²) in [7, 11) is 0. The number of benzene rings is 1. The number of Topliss-reactive ketones (excluding diaryl/α,β-unsaturated/α-hetero) is 1. The van der Waals surface area contributed by atoms with E-state index in [9.17, 15) is 4.79 Å². The quantitative estimate of drug-likeness (QED) is 0.796. The zero-order valence-electron chi connectivity index (χ0n) is 10.6. The lowest BCUT2D eigenvalue weighted by atomic mass is 10.1. The molecular weight excluding hydrogens is 330 g/mol. The minimum atomic E-state index is -0.00716. The van der Waals surface area contributed by atoms with Crippen LogP contribution in [0.3, 0.4) is 0 Å². The second-order valence-corrected chi connectivity index (χ2v) is 5.70. The van der Waals surface area contributed by atoms with Gasteiger partial charge in [0, 0.05) is 16.1 Å². The molecule has 0 aliphatic rings. The Morgan fingerprint density at radius 1 is 1.47 bits per heavy atom. The Hall–Kier alpha value is -1.20. The fourth-order valence-electron chi connectivity index (χ4n) is 1.75. The molecule has 100 valence electrons. The van der Waals surface area contributed by atoms with E-state index in [0.29, 0.717) is 20.9 Å². The normalized spacial score (nSPS) is 11.0. The van der Waals surface area contributed by atoms with Gasteiger partial charge in [0.1, 0.15) is 12.2 Å². The van der Waals surface area contributed by atoms with Crippen LogP contribution in [0, 0.1) is 0 Å². The van der Waals surface area contributed by atoms with Gasteiger partial charge in [-0.3, -0.25) is 4.79 Å². The molecule has 2 rings (SSSR count). The van der Waals surface area contributed by atoms with E-state index in [1.165, 1.54) is 6.33 Å². The first-order chi connectivity index (χ1) is 8.99. The van der Waals surface area contributed by atoms with Crippen molar-refractivity contribution in [2.24, 2.45) is 0 Å². The summed E-state index contributed by atoms with van der Waals surface area (Å²) in [5.41, 5.74) is 0.606. The van der Waals surface area contributed by atoms with Crippen molar-refractivity contribution in [3.63, 3.8) is 0 Å². The van der Waals surface area contributed by atoms with Gasteiger partial charge in [-0.2, -0.15) is 5.10 Å². The largest absolute Gasteiger partial charge is 0.294 e. The monoisotopic (exact) mass is 341 g/mol. The predicted octanol–water partition coefficient (Wildman–Crippen LogP) is 3.70. The van der Waals surface area contributed by atoms with Crippen LogP contribution in [-0.4, -0.2) is 20.5 Å². The van der Waals surface area contributed by atoms with Crippen molar-refractivity contribution in [3.8, 4) is 0 Å². The highest BCUT2D eigenvalue weighted by Crippen LogP contribution is 2.23. The molecule has 0 radical (unpaired) electrons. The minimum absolute atomic E-state index is 0.00716. The van der Waals surface area contributed by atoms with Crippen LogP contribution in [0.5, 0.6) is 0 Å². The zero-order chi connectivity index (χ0) is 14.0.